The van der Waals surface area contributed by atoms with Crippen LogP contribution >= 0.6 is 12.2 Å². The Hall–Kier alpha value is -1.17. The van der Waals surface area contributed by atoms with Gasteiger partial charge in [-0.05, 0) is 122 Å². The largest absolute Gasteiger partial charge is 0.411 e. The van der Waals surface area contributed by atoms with Crippen LogP contribution in [-0.2, 0) is 0 Å². The monoisotopic (exact) mass is 516 g/mol. The third kappa shape index (κ3) is 4.97. The van der Waals surface area contributed by atoms with Crippen LogP contribution in [0.2, 0.25) is 0 Å². The Labute approximate surface area is 225 Å². The van der Waals surface area contributed by atoms with Crippen LogP contribution in [0, 0.1) is 58.2 Å². The first-order valence-electron chi connectivity index (χ1n) is 14.9. The van der Waals surface area contributed by atoms with E-state index in [-0.39, 0.29) is 10.5 Å². The molecule has 0 heterocycles. The maximum absolute atomic E-state index is 9.56. The van der Waals surface area contributed by atoms with Crippen molar-refractivity contribution in [2.24, 2.45) is 74.2 Å². The summed E-state index contributed by atoms with van der Waals surface area (Å²) in [7, 11) is 0. The number of fused-ring (bicyclic) bond motifs is 5. The molecule has 0 aromatic heterocycles. The van der Waals surface area contributed by atoms with E-state index < -0.39 is 0 Å². The first kappa shape index (κ1) is 27.9. The highest BCUT2D eigenvalue weighted by Crippen LogP contribution is 2.67. The Balaban J connectivity index is 1.57. The zero-order chi connectivity index (χ0) is 26.3. The minimum Gasteiger partial charge on any atom is -0.411 e. The van der Waals surface area contributed by atoms with Crippen LogP contribution < -0.4 is 11.2 Å². The molecule has 204 valence electrons. The van der Waals surface area contributed by atoms with Crippen LogP contribution in [0.5, 0.6) is 0 Å². The highest BCUT2D eigenvalue weighted by molar-refractivity contribution is 7.80. The highest BCUT2D eigenvalue weighted by Gasteiger charge is 2.61. The number of nitrogens with two attached hydrogens (primary N) is 1. The van der Waals surface area contributed by atoms with Gasteiger partial charge < -0.3 is 10.9 Å². The van der Waals surface area contributed by atoms with Gasteiger partial charge in [-0.15, -0.1) is 0 Å². The normalized spacial score (nSPS) is 42.0. The number of nitrogens with zero attached hydrogens (tertiary/aromatic N) is 2. The van der Waals surface area contributed by atoms with Crippen LogP contribution in [0.15, 0.2) is 10.3 Å². The van der Waals surface area contributed by atoms with Crippen molar-refractivity contribution in [2.75, 3.05) is 0 Å². The number of nitrogens with one attached hydrogen (secondary N) is 1. The van der Waals surface area contributed by atoms with Gasteiger partial charge in [-0.3, -0.25) is 5.43 Å². The number of rotatable bonds is 7. The van der Waals surface area contributed by atoms with E-state index in [2.05, 4.69) is 52.1 Å². The number of hydrogen-bond donors (Lipinski definition) is 3. The van der Waals surface area contributed by atoms with Crippen molar-refractivity contribution in [3.05, 3.63) is 0 Å². The predicted molar refractivity (Wildman–Crippen MR) is 154 cm³/mol. The number of hydrazone groups is 1. The van der Waals surface area contributed by atoms with Gasteiger partial charge in [-0.1, -0.05) is 59.5 Å². The van der Waals surface area contributed by atoms with Crippen molar-refractivity contribution >= 4 is 28.8 Å². The van der Waals surface area contributed by atoms with E-state index in [1.807, 2.05) is 0 Å². The zero-order valence-electron chi connectivity index (χ0n) is 23.7. The molecule has 4 N–H and O–H groups in total. The first-order chi connectivity index (χ1) is 17.0. The average Bonchev–Trinajstić information content (AvgIpc) is 3.19. The van der Waals surface area contributed by atoms with Gasteiger partial charge in [0.05, 0.1) is 5.71 Å². The lowest BCUT2D eigenvalue weighted by atomic mass is 9.44. The van der Waals surface area contributed by atoms with Crippen molar-refractivity contribution in [3.63, 3.8) is 0 Å². The molecule has 9 atom stereocenters. The van der Waals surface area contributed by atoms with E-state index >= 15 is 0 Å². The Morgan fingerprint density at radius 2 is 1.81 bits per heavy atom. The fourth-order valence-corrected chi connectivity index (χ4v) is 9.92. The van der Waals surface area contributed by atoms with Crippen LogP contribution in [0.1, 0.15) is 112 Å². The molecule has 0 aromatic rings. The molecule has 0 aromatic carbocycles. The number of thiocarbonyl (C=S) groups is 1. The third-order valence-corrected chi connectivity index (χ3v) is 12.1. The minimum absolute atomic E-state index is 0.199. The van der Waals surface area contributed by atoms with Gasteiger partial charge >= 0.3 is 0 Å². The Morgan fingerprint density at radius 3 is 2.44 bits per heavy atom. The van der Waals surface area contributed by atoms with Gasteiger partial charge in [-0.25, -0.2) is 0 Å². The van der Waals surface area contributed by atoms with Gasteiger partial charge in [0.1, 0.15) is 0 Å². The molecule has 4 saturated carbocycles. The van der Waals surface area contributed by atoms with E-state index in [1.165, 1.54) is 50.7 Å². The molecule has 0 spiro atoms. The second kappa shape index (κ2) is 10.9. The summed E-state index contributed by atoms with van der Waals surface area (Å²) in [5.41, 5.74) is 11.5. The van der Waals surface area contributed by atoms with E-state index in [1.54, 1.807) is 0 Å². The molecule has 4 rings (SSSR count). The summed E-state index contributed by atoms with van der Waals surface area (Å²) in [5, 5.41) is 18.2. The molecular weight excluding hydrogens is 464 g/mol. The second-order valence-electron chi connectivity index (χ2n) is 13.8. The zero-order valence-corrected chi connectivity index (χ0v) is 24.5. The molecule has 0 aliphatic heterocycles. The molecule has 4 fully saturated rings. The molecule has 0 bridgehead atoms. The molecule has 1 unspecified atom stereocenters. The lowest BCUT2D eigenvalue weighted by Gasteiger charge is -2.60. The number of hydrogen-bond acceptors (Lipinski definition) is 4. The third-order valence-electron chi connectivity index (χ3n) is 12.0. The summed E-state index contributed by atoms with van der Waals surface area (Å²) < 4.78 is 0. The van der Waals surface area contributed by atoms with Crippen molar-refractivity contribution < 1.29 is 5.21 Å². The van der Waals surface area contributed by atoms with Gasteiger partial charge in [0, 0.05) is 11.6 Å². The van der Waals surface area contributed by atoms with Crippen molar-refractivity contribution in [2.45, 2.75) is 112 Å². The lowest BCUT2D eigenvalue weighted by Crippen LogP contribution is -2.57. The van der Waals surface area contributed by atoms with Crippen LogP contribution in [0.25, 0.3) is 0 Å². The Kier molecular flexibility index (Phi) is 8.44. The molecule has 6 heteroatoms. The SMILES string of the molecule is CC[C@H](CC[C@@H](C)[C@H]1CC[C@H]2[C@@H]3C/C(=N/NC(N)=S)C4C/C(=N/O)CC[C@]4(C)[C@H]3CC[C@]12C)C(C)C. The van der Waals surface area contributed by atoms with Gasteiger partial charge in [0.2, 0.25) is 0 Å². The average molecular weight is 517 g/mol. The van der Waals surface area contributed by atoms with Crippen LogP contribution in [0.3, 0.4) is 0 Å². The summed E-state index contributed by atoms with van der Waals surface area (Å²) in [5.74, 6) is 5.79. The van der Waals surface area contributed by atoms with E-state index in [0.717, 1.165) is 66.9 Å². The van der Waals surface area contributed by atoms with Gasteiger partial charge in [0.15, 0.2) is 5.11 Å². The minimum atomic E-state index is 0.199. The number of oxime groups is 1. The molecule has 0 radical (unpaired) electrons. The molecule has 36 heavy (non-hydrogen) atoms. The lowest BCUT2D eigenvalue weighted by molar-refractivity contribution is -0.0729. The Bertz CT molecular complexity index is 871. The second-order valence-corrected chi connectivity index (χ2v) is 14.2. The topological polar surface area (TPSA) is 83.0 Å². The molecule has 4 aliphatic carbocycles. The maximum Gasteiger partial charge on any atom is 0.184 e. The van der Waals surface area contributed by atoms with Gasteiger partial charge in [0.25, 0.3) is 0 Å². The van der Waals surface area contributed by atoms with E-state index in [9.17, 15) is 5.21 Å². The van der Waals surface area contributed by atoms with Crippen LogP contribution in [0.4, 0.5) is 0 Å². The predicted octanol–water partition coefficient (Wildman–Crippen LogP) is 7.37. The fraction of sp³-hybridized carbons (Fsp3) is 0.900. The molecular formula is C30H52N4OS. The molecule has 0 saturated heterocycles. The summed E-state index contributed by atoms with van der Waals surface area (Å²) in [6.45, 7) is 14.9. The molecule has 0 amide bonds. The molecule has 5 nitrogen and oxygen atoms in total. The Morgan fingerprint density at radius 1 is 1.08 bits per heavy atom. The maximum atomic E-state index is 9.56. The summed E-state index contributed by atoms with van der Waals surface area (Å²) >= 11 is 5.10. The van der Waals surface area contributed by atoms with Gasteiger partial charge in [-0.2, -0.15) is 5.10 Å². The smallest absolute Gasteiger partial charge is 0.184 e. The molecule has 4 aliphatic rings. The fourth-order valence-electron chi connectivity index (χ4n) is 9.88. The van der Waals surface area contributed by atoms with E-state index in [4.69, 9.17) is 23.1 Å². The summed E-state index contributed by atoms with van der Waals surface area (Å²) in [4.78, 5) is 0. The van der Waals surface area contributed by atoms with E-state index in [0.29, 0.717) is 17.3 Å². The summed E-state index contributed by atoms with van der Waals surface area (Å²) in [6.07, 6.45) is 13.4. The first-order valence-corrected chi connectivity index (χ1v) is 15.3. The van der Waals surface area contributed by atoms with Crippen molar-refractivity contribution in [3.8, 4) is 0 Å². The van der Waals surface area contributed by atoms with Crippen molar-refractivity contribution in [1.82, 2.24) is 5.43 Å². The highest BCUT2D eigenvalue weighted by atomic mass is 32.1. The summed E-state index contributed by atoms with van der Waals surface area (Å²) in [6, 6.07) is 0. The van der Waals surface area contributed by atoms with Crippen LogP contribution in [-0.4, -0.2) is 21.7 Å². The van der Waals surface area contributed by atoms with Crippen molar-refractivity contribution in [1.29, 1.82) is 0 Å². The standard InChI is InChI=1S/C30H52N4OS/c1-7-20(18(2)3)9-8-19(4)23-10-11-24-22-17-27(32-33-28(31)36)26-16-21(34-35)12-14-30(26,6)25(22)13-15-29(23,24)5/h18-20,22-26,35H,7-17H2,1-6H3,(H3,31,33,36)/b32-27-,34-21+/t19-,20-,22+,23-,24+,25+,26?,29-,30-/m1/s1. The quantitative estimate of drug-likeness (QED) is 0.187.